The van der Waals surface area contributed by atoms with Gasteiger partial charge < -0.3 is 5.11 Å². The predicted octanol–water partition coefficient (Wildman–Crippen LogP) is 3.75. The van der Waals surface area contributed by atoms with Crippen molar-refractivity contribution in [1.29, 1.82) is 0 Å². The molecule has 0 saturated heterocycles. The van der Waals surface area contributed by atoms with Gasteiger partial charge in [-0.05, 0) is 18.8 Å². The molecule has 0 aromatic rings. The Kier molecular flexibility index (Phi) is 8.53. The van der Waals surface area contributed by atoms with Gasteiger partial charge >= 0.3 is 0 Å². The van der Waals surface area contributed by atoms with E-state index in [0.29, 0.717) is 5.92 Å². The fraction of sp³-hybridized carbons (Fsp3) is 1.00. The van der Waals surface area contributed by atoms with E-state index in [-0.39, 0.29) is 6.10 Å². The summed E-state index contributed by atoms with van der Waals surface area (Å²) in [6.45, 7) is 6.49. The van der Waals surface area contributed by atoms with Gasteiger partial charge in [0.1, 0.15) is 0 Å². The van der Waals surface area contributed by atoms with Gasteiger partial charge in [0.2, 0.25) is 0 Å². The number of unbranched alkanes of at least 4 members (excludes halogenated alkanes) is 3. The molecule has 13 heavy (non-hydrogen) atoms. The molecule has 0 aromatic heterocycles. The number of hydrogen-bond donors (Lipinski definition) is 1. The second-order valence-corrected chi connectivity index (χ2v) is 3.99. The van der Waals surface area contributed by atoms with Crippen LogP contribution in [0.3, 0.4) is 0 Å². The van der Waals surface area contributed by atoms with E-state index in [1.165, 1.54) is 32.1 Å². The maximum absolute atomic E-state index is 9.67. The molecule has 0 aliphatic rings. The summed E-state index contributed by atoms with van der Waals surface area (Å²) in [6, 6.07) is 0. The van der Waals surface area contributed by atoms with E-state index in [1.54, 1.807) is 0 Å². The maximum Gasteiger partial charge on any atom is 0.0565 e. The minimum Gasteiger partial charge on any atom is -0.393 e. The summed E-state index contributed by atoms with van der Waals surface area (Å²) < 4.78 is 0. The van der Waals surface area contributed by atoms with Gasteiger partial charge in [0.25, 0.3) is 0 Å². The molecule has 1 nitrogen and oxygen atoms in total. The quantitative estimate of drug-likeness (QED) is 0.572. The highest BCUT2D eigenvalue weighted by atomic mass is 16.3. The standard InChI is InChI=1S/C12H26O/c1-4-7-8-9-10-11(5-2)12(13)6-3/h11-13H,4-10H2,1-3H3/t11-,12-/m0/s1. The van der Waals surface area contributed by atoms with Gasteiger partial charge in [-0.3, -0.25) is 0 Å². The first kappa shape index (κ1) is 13.0. The minimum atomic E-state index is -0.0633. The average Bonchev–Trinajstić information content (AvgIpc) is 2.17. The first-order valence-corrected chi connectivity index (χ1v) is 5.94. The highest BCUT2D eigenvalue weighted by Gasteiger charge is 2.14. The van der Waals surface area contributed by atoms with Gasteiger partial charge in [-0.25, -0.2) is 0 Å². The molecular weight excluding hydrogens is 160 g/mol. The number of aliphatic hydroxyl groups is 1. The number of rotatable bonds is 8. The lowest BCUT2D eigenvalue weighted by molar-refractivity contribution is 0.0946. The topological polar surface area (TPSA) is 20.2 Å². The summed E-state index contributed by atoms with van der Waals surface area (Å²) in [5.74, 6) is 0.543. The first-order chi connectivity index (χ1) is 6.26. The Hall–Kier alpha value is -0.0400. The molecule has 1 heteroatoms. The predicted molar refractivity (Wildman–Crippen MR) is 58.8 cm³/mol. The van der Waals surface area contributed by atoms with Crippen molar-refractivity contribution < 1.29 is 5.11 Å². The Morgan fingerprint density at radius 2 is 1.62 bits per heavy atom. The van der Waals surface area contributed by atoms with Crippen LogP contribution in [-0.2, 0) is 0 Å². The monoisotopic (exact) mass is 186 g/mol. The second kappa shape index (κ2) is 8.55. The summed E-state index contributed by atoms with van der Waals surface area (Å²) in [7, 11) is 0. The van der Waals surface area contributed by atoms with Crippen LogP contribution in [-0.4, -0.2) is 11.2 Å². The van der Waals surface area contributed by atoms with E-state index in [1.807, 2.05) is 0 Å². The fourth-order valence-corrected chi connectivity index (χ4v) is 1.84. The Morgan fingerprint density at radius 1 is 0.923 bits per heavy atom. The first-order valence-electron chi connectivity index (χ1n) is 5.94. The van der Waals surface area contributed by atoms with Crippen molar-refractivity contribution in [3.05, 3.63) is 0 Å². The normalized spacial score (nSPS) is 15.7. The number of hydrogen-bond acceptors (Lipinski definition) is 1. The van der Waals surface area contributed by atoms with E-state index in [0.717, 1.165) is 12.8 Å². The van der Waals surface area contributed by atoms with Crippen LogP contribution in [0.15, 0.2) is 0 Å². The lowest BCUT2D eigenvalue weighted by Crippen LogP contribution is -2.18. The number of aliphatic hydroxyl groups excluding tert-OH is 1. The summed E-state index contributed by atoms with van der Waals surface area (Å²) in [4.78, 5) is 0. The molecule has 1 N–H and O–H groups in total. The van der Waals surface area contributed by atoms with E-state index < -0.39 is 0 Å². The van der Waals surface area contributed by atoms with Crippen molar-refractivity contribution in [3.63, 3.8) is 0 Å². The third-order valence-corrected chi connectivity index (χ3v) is 2.92. The summed E-state index contributed by atoms with van der Waals surface area (Å²) in [5.41, 5.74) is 0. The highest BCUT2D eigenvalue weighted by Crippen LogP contribution is 2.19. The lowest BCUT2D eigenvalue weighted by atomic mass is 9.91. The highest BCUT2D eigenvalue weighted by molar-refractivity contribution is 4.66. The molecule has 2 atom stereocenters. The molecule has 80 valence electrons. The SMILES string of the molecule is CCCCCC[C@H](CC)[C@@H](O)CC. The van der Waals surface area contributed by atoms with Crippen LogP contribution in [0.4, 0.5) is 0 Å². The average molecular weight is 186 g/mol. The fourth-order valence-electron chi connectivity index (χ4n) is 1.84. The molecule has 0 aromatic carbocycles. The van der Waals surface area contributed by atoms with Crippen LogP contribution >= 0.6 is 0 Å². The summed E-state index contributed by atoms with van der Waals surface area (Å²) in [6.07, 6.45) is 8.46. The van der Waals surface area contributed by atoms with Crippen molar-refractivity contribution in [1.82, 2.24) is 0 Å². The Labute approximate surface area is 83.5 Å². The zero-order chi connectivity index (χ0) is 10.1. The molecule has 0 rings (SSSR count). The molecule has 0 fully saturated rings. The third-order valence-electron chi connectivity index (χ3n) is 2.92. The second-order valence-electron chi connectivity index (χ2n) is 3.99. The smallest absolute Gasteiger partial charge is 0.0565 e. The van der Waals surface area contributed by atoms with E-state index in [4.69, 9.17) is 0 Å². The third kappa shape index (κ3) is 6.09. The Balaban J connectivity index is 3.47. The van der Waals surface area contributed by atoms with Crippen molar-refractivity contribution >= 4 is 0 Å². The van der Waals surface area contributed by atoms with Crippen molar-refractivity contribution in [2.75, 3.05) is 0 Å². The molecule has 0 spiro atoms. The summed E-state index contributed by atoms with van der Waals surface area (Å²) in [5, 5.41) is 9.67. The van der Waals surface area contributed by atoms with Gasteiger partial charge in [0, 0.05) is 0 Å². The van der Waals surface area contributed by atoms with Crippen LogP contribution in [0.2, 0.25) is 0 Å². The molecule has 0 unspecified atom stereocenters. The summed E-state index contributed by atoms with van der Waals surface area (Å²) >= 11 is 0. The Bertz CT molecular complexity index is 101. The molecule has 0 radical (unpaired) electrons. The molecule has 0 aliphatic heterocycles. The van der Waals surface area contributed by atoms with Crippen molar-refractivity contribution in [2.45, 2.75) is 71.8 Å². The zero-order valence-corrected chi connectivity index (χ0v) is 9.55. The van der Waals surface area contributed by atoms with Gasteiger partial charge in [0.15, 0.2) is 0 Å². The van der Waals surface area contributed by atoms with E-state index in [9.17, 15) is 5.11 Å². The molecular formula is C12H26O. The van der Waals surface area contributed by atoms with Crippen LogP contribution in [0, 0.1) is 5.92 Å². The van der Waals surface area contributed by atoms with Gasteiger partial charge in [-0.1, -0.05) is 52.9 Å². The van der Waals surface area contributed by atoms with Gasteiger partial charge in [-0.15, -0.1) is 0 Å². The lowest BCUT2D eigenvalue weighted by Gasteiger charge is -2.19. The van der Waals surface area contributed by atoms with E-state index >= 15 is 0 Å². The van der Waals surface area contributed by atoms with Crippen molar-refractivity contribution in [3.8, 4) is 0 Å². The van der Waals surface area contributed by atoms with Gasteiger partial charge in [0.05, 0.1) is 6.10 Å². The van der Waals surface area contributed by atoms with Crippen LogP contribution < -0.4 is 0 Å². The van der Waals surface area contributed by atoms with Crippen molar-refractivity contribution in [2.24, 2.45) is 5.92 Å². The largest absolute Gasteiger partial charge is 0.393 e. The minimum absolute atomic E-state index is 0.0633. The van der Waals surface area contributed by atoms with Crippen LogP contribution in [0.5, 0.6) is 0 Å². The molecule has 0 aliphatic carbocycles. The van der Waals surface area contributed by atoms with Crippen LogP contribution in [0.1, 0.15) is 65.7 Å². The molecule has 0 amide bonds. The zero-order valence-electron chi connectivity index (χ0n) is 9.55. The molecule has 0 saturated carbocycles. The van der Waals surface area contributed by atoms with E-state index in [2.05, 4.69) is 20.8 Å². The van der Waals surface area contributed by atoms with Gasteiger partial charge in [-0.2, -0.15) is 0 Å². The molecule has 0 heterocycles. The Morgan fingerprint density at radius 3 is 2.08 bits per heavy atom. The van der Waals surface area contributed by atoms with Crippen LogP contribution in [0.25, 0.3) is 0 Å². The maximum atomic E-state index is 9.67. The molecule has 0 bridgehead atoms.